The molecular weight excluding hydrogens is 336 g/mol. The maximum Gasteiger partial charge on any atom is 0.243 e. The monoisotopic (exact) mass is 364 g/mol. The van der Waals surface area contributed by atoms with E-state index in [1.54, 1.807) is 4.31 Å². The summed E-state index contributed by atoms with van der Waals surface area (Å²) in [6, 6.07) is 4.46. The predicted octanol–water partition coefficient (Wildman–Crippen LogP) is 2.10. The van der Waals surface area contributed by atoms with Crippen LogP contribution in [0.25, 0.3) is 0 Å². The Kier molecular flexibility index (Phi) is 4.22. The lowest BCUT2D eigenvalue weighted by Crippen LogP contribution is -2.68. The third kappa shape index (κ3) is 2.93. The third-order valence-electron chi connectivity index (χ3n) is 6.04. The molecule has 138 valence electrons. The number of hydrogen-bond donors (Lipinski definition) is 0. The van der Waals surface area contributed by atoms with Crippen LogP contribution in [-0.2, 0) is 14.8 Å². The molecule has 1 aromatic carbocycles. The van der Waals surface area contributed by atoms with E-state index in [2.05, 4.69) is 4.90 Å². The lowest BCUT2D eigenvalue weighted by Gasteiger charge is -2.58. The van der Waals surface area contributed by atoms with Gasteiger partial charge in [-0.3, -0.25) is 4.90 Å². The van der Waals surface area contributed by atoms with Crippen LogP contribution < -0.4 is 0 Å². The number of piperidine rings is 1. The van der Waals surface area contributed by atoms with Crippen molar-refractivity contribution in [2.45, 2.75) is 44.6 Å². The van der Waals surface area contributed by atoms with Crippen molar-refractivity contribution in [1.82, 2.24) is 9.21 Å². The zero-order chi connectivity index (χ0) is 17.8. The average molecular weight is 365 g/mol. The molecule has 0 amide bonds. The minimum Gasteiger partial charge on any atom is -0.380 e. The third-order valence-corrected chi connectivity index (χ3v) is 8.24. The smallest absolute Gasteiger partial charge is 0.243 e. The Morgan fingerprint density at radius 2 is 1.60 bits per heavy atom. The summed E-state index contributed by atoms with van der Waals surface area (Å²) in [5, 5.41) is 0. The van der Waals surface area contributed by atoms with Crippen LogP contribution in [0.4, 0.5) is 0 Å². The van der Waals surface area contributed by atoms with Crippen LogP contribution in [0.1, 0.15) is 29.5 Å². The Morgan fingerprint density at radius 3 is 2.08 bits per heavy atom. The van der Waals surface area contributed by atoms with Crippen LogP contribution in [0.15, 0.2) is 17.0 Å². The largest absolute Gasteiger partial charge is 0.380 e. The number of ether oxygens (including phenoxy) is 1. The first-order valence-electron chi connectivity index (χ1n) is 9.21. The summed E-state index contributed by atoms with van der Waals surface area (Å²) in [4.78, 5) is 3.03. The Bertz CT molecular complexity index is 747. The zero-order valence-corrected chi connectivity index (χ0v) is 16.2. The molecule has 1 aromatic rings. The molecule has 0 aliphatic carbocycles. The molecule has 5 nitrogen and oxygen atoms in total. The number of sulfonamides is 1. The van der Waals surface area contributed by atoms with Crippen molar-refractivity contribution in [3.63, 3.8) is 0 Å². The molecule has 4 rings (SSSR count). The summed E-state index contributed by atoms with van der Waals surface area (Å²) in [6.45, 7) is 11.1. The van der Waals surface area contributed by atoms with E-state index >= 15 is 0 Å². The van der Waals surface area contributed by atoms with E-state index in [1.165, 1.54) is 0 Å². The molecule has 0 bridgehead atoms. The molecule has 3 aliphatic rings. The highest BCUT2D eigenvalue weighted by Crippen LogP contribution is 2.40. The van der Waals surface area contributed by atoms with Crippen LogP contribution in [-0.4, -0.2) is 63.1 Å². The summed E-state index contributed by atoms with van der Waals surface area (Å²) in [5.74, 6) is 0. The second kappa shape index (κ2) is 6.05. The highest BCUT2D eigenvalue weighted by molar-refractivity contribution is 7.89. The molecule has 3 heterocycles. The van der Waals surface area contributed by atoms with Crippen LogP contribution in [0.2, 0.25) is 0 Å². The SMILES string of the molecule is Cc1cc(C)c(S(=O)(=O)N2CCC(N3CC4(COC4)C3)CC2)c(C)c1. The van der Waals surface area contributed by atoms with Gasteiger partial charge in [0.25, 0.3) is 0 Å². The van der Waals surface area contributed by atoms with Gasteiger partial charge in [-0.1, -0.05) is 17.7 Å². The summed E-state index contributed by atoms with van der Waals surface area (Å²) in [7, 11) is -3.40. The maximum atomic E-state index is 13.2. The average Bonchev–Trinajstić information content (AvgIpc) is 2.43. The lowest BCUT2D eigenvalue weighted by atomic mass is 9.76. The molecule has 3 fully saturated rings. The quantitative estimate of drug-likeness (QED) is 0.824. The zero-order valence-electron chi connectivity index (χ0n) is 15.4. The molecule has 6 heteroatoms. The van der Waals surface area contributed by atoms with E-state index < -0.39 is 10.0 Å². The minimum absolute atomic E-state index is 0.430. The molecule has 0 unspecified atom stereocenters. The Labute approximate surface area is 151 Å². The second-order valence-electron chi connectivity index (χ2n) is 8.26. The van der Waals surface area contributed by atoms with Crippen molar-refractivity contribution in [2.24, 2.45) is 5.41 Å². The van der Waals surface area contributed by atoms with Gasteiger partial charge in [0.1, 0.15) is 0 Å². The number of aryl methyl sites for hydroxylation is 3. The Hall–Kier alpha value is -0.950. The second-order valence-corrected chi connectivity index (χ2v) is 10.1. The number of likely N-dealkylation sites (tertiary alicyclic amines) is 1. The summed E-state index contributed by atoms with van der Waals surface area (Å²) >= 11 is 0. The van der Waals surface area contributed by atoms with E-state index in [0.717, 1.165) is 55.8 Å². The topological polar surface area (TPSA) is 49.9 Å². The molecule has 3 saturated heterocycles. The predicted molar refractivity (Wildman–Crippen MR) is 97.3 cm³/mol. The first-order valence-corrected chi connectivity index (χ1v) is 10.6. The number of rotatable bonds is 3. The van der Waals surface area contributed by atoms with E-state index in [1.807, 2.05) is 32.9 Å². The fourth-order valence-corrected chi connectivity index (χ4v) is 6.68. The fraction of sp³-hybridized carbons (Fsp3) is 0.684. The molecule has 3 aliphatic heterocycles. The minimum atomic E-state index is -3.40. The van der Waals surface area contributed by atoms with Gasteiger partial charge in [-0.25, -0.2) is 8.42 Å². The van der Waals surface area contributed by atoms with Gasteiger partial charge in [0.05, 0.1) is 18.1 Å². The normalized spacial score (nSPS) is 24.9. The fourth-order valence-electron chi connectivity index (χ4n) is 4.80. The molecular formula is C19H28N2O3S. The summed E-state index contributed by atoms with van der Waals surface area (Å²) in [5.41, 5.74) is 3.25. The molecule has 0 N–H and O–H groups in total. The Morgan fingerprint density at radius 1 is 1.04 bits per heavy atom. The van der Waals surface area contributed by atoms with E-state index in [-0.39, 0.29) is 0 Å². The highest BCUT2D eigenvalue weighted by atomic mass is 32.2. The standard InChI is InChI=1S/C19H28N2O3S/c1-14-8-15(2)18(16(3)9-14)25(22,23)21-6-4-17(5-7-21)20-10-19(11-20)12-24-13-19/h8-9,17H,4-7,10-13H2,1-3H3. The molecule has 1 spiro atoms. The molecule has 0 aromatic heterocycles. The number of benzene rings is 1. The van der Waals surface area contributed by atoms with Crippen LogP contribution in [0.5, 0.6) is 0 Å². The van der Waals surface area contributed by atoms with Gasteiger partial charge in [0.2, 0.25) is 10.0 Å². The van der Waals surface area contributed by atoms with Crippen molar-refractivity contribution in [2.75, 3.05) is 39.4 Å². The lowest BCUT2D eigenvalue weighted by molar-refractivity contribution is -0.200. The van der Waals surface area contributed by atoms with Crippen molar-refractivity contribution >= 4 is 10.0 Å². The van der Waals surface area contributed by atoms with Crippen LogP contribution >= 0.6 is 0 Å². The van der Waals surface area contributed by atoms with Crippen molar-refractivity contribution in [3.8, 4) is 0 Å². The van der Waals surface area contributed by atoms with Gasteiger partial charge >= 0.3 is 0 Å². The number of nitrogens with zero attached hydrogens (tertiary/aromatic N) is 2. The summed E-state index contributed by atoms with van der Waals surface area (Å²) < 4.78 is 33.3. The number of hydrogen-bond acceptors (Lipinski definition) is 4. The highest BCUT2D eigenvalue weighted by Gasteiger charge is 2.51. The van der Waals surface area contributed by atoms with Gasteiger partial charge in [-0.2, -0.15) is 4.31 Å². The van der Waals surface area contributed by atoms with E-state index in [4.69, 9.17) is 4.74 Å². The summed E-state index contributed by atoms with van der Waals surface area (Å²) in [6.07, 6.45) is 1.86. The van der Waals surface area contributed by atoms with Crippen molar-refractivity contribution < 1.29 is 13.2 Å². The van der Waals surface area contributed by atoms with Gasteiger partial charge < -0.3 is 4.74 Å². The van der Waals surface area contributed by atoms with Gasteiger partial charge in [-0.15, -0.1) is 0 Å². The maximum absolute atomic E-state index is 13.2. The Balaban J connectivity index is 1.43. The first kappa shape index (κ1) is 17.5. The van der Waals surface area contributed by atoms with Gasteiger partial charge in [-0.05, 0) is 44.7 Å². The van der Waals surface area contributed by atoms with E-state index in [0.29, 0.717) is 29.4 Å². The van der Waals surface area contributed by atoms with Crippen molar-refractivity contribution in [3.05, 3.63) is 28.8 Å². The van der Waals surface area contributed by atoms with Gasteiger partial charge in [0.15, 0.2) is 0 Å². The van der Waals surface area contributed by atoms with Crippen LogP contribution in [0, 0.1) is 26.2 Å². The molecule has 0 radical (unpaired) electrons. The van der Waals surface area contributed by atoms with Crippen LogP contribution in [0.3, 0.4) is 0 Å². The van der Waals surface area contributed by atoms with Gasteiger partial charge in [0, 0.05) is 37.6 Å². The molecule has 0 saturated carbocycles. The molecule has 25 heavy (non-hydrogen) atoms. The van der Waals surface area contributed by atoms with E-state index in [9.17, 15) is 8.42 Å². The molecule has 0 atom stereocenters. The first-order chi connectivity index (χ1) is 11.8. The van der Waals surface area contributed by atoms with Crippen molar-refractivity contribution in [1.29, 1.82) is 0 Å².